The van der Waals surface area contributed by atoms with Crippen LogP contribution in [0.2, 0.25) is 0 Å². The largest absolute Gasteiger partial charge is 0.497 e. The van der Waals surface area contributed by atoms with Crippen molar-refractivity contribution in [3.05, 3.63) is 53.9 Å². The minimum Gasteiger partial charge on any atom is -0.497 e. The van der Waals surface area contributed by atoms with Gasteiger partial charge in [-0.15, -0.1) is 0 Å². The van der Waals surface area contributed by atoms with E-state index in [1.807, 2.05) is 4.90 Å². The molecule has 3 rings (SSSR count). The third-order valence-corrected chi connectivity index (χ3v) is 4.42. The summed E-state index contributed by atoms with van der Waals surface area (Å²) >= 11 is 0. The Bertz CT molecular complexity index is 783. The van der Waals surface area contributed by atoms with Crippen LogP contribution in [0.4, 0.5) is 5.69 Å². The minimum atomic E-state index is -0.358. The molecule has 0 spiro atoms. The van der Waals surface area contributed by atoms with Crippen molar-refractivity contribution in [2.45, 2.75) is 25.7 Å². The zero-order chi connectivity index (χ0) is 18.4. The van der Waals surface area contributed by atoms with Crippen LogP contribution in [0.5, 0.6) is 5.75 Å². The van der Waals surface area contributed by atoms with E-state index in [1.165, 1.54) is 0 Å². The summed E-state index contributed by atoms with van der Waals surface area (Å²) in [5, 5.41) is 2.78. The summed E-state index contributed by atoms with van der Waals surface area (Å²) in [5.74, 6) is 0.188. The van der Waals surface area contributed by atoms with Crippen LogP contribution >= 0.6 is 0 Å². The number of nitrogens with zero attached hydrogens (tertiary/aromatic N) is 2. The van der Waals surface area contributed by atoms with Gasteiger partial charge >= 0.3 is 0 Å². The number of anilines is 1. The molecule has 1 N–H and O–H groups in total. The number of pyridine rings is 1. The molecule has 0 atom stereocenters. The number of ether oxygens (including phenoxy) is 1. The third kappa shape index (κ3) is 4.39. The molecule has 1 aromatic heterocycles. The van der Waals surface area contributed by atoms with Crippen molar-refractivity contribution in [3.8, 4) is 5.75 Å². The molecule has 1 aliphatic rings. The van der Waals surface area contributed by atoms with Crippen LogP contribution in [-0.4, -0.2) is 41.9 Å². The van der Waals surface area contributed by atoms with Gasteiger partial charge in [-0.3, -0.25) is 9.59 Å². The highest BCUT2D eigenvalue weighted by Crippen LogP contribution is 2.18. The van der Waals surface area contributed by atoms with E-state index in [0.29, 0.717) is 17.1 Å². The lowest BCUT2D eigenvalue weighted by molar-refractivity contribution is 0.0755. The van der Waals surface area contributed by atoms with Gasteiger partial charge in [0, 0.05) is 24.8 Å². The first-order valence-corrected chi connectivity index (χ1v) is 8.89. The molecule has 1 aliphatic heterocycles. The highest BCUT2D eigenvalue weighted by Gasteiger charge is 2.19. The van der Waals surface area contributed by atoms with Crippen LogP contribution in [-0.2, 0) is 0 Å². The number of rotatable bonds is 4. The summed E-state index contributed by atoms with van der Waals surface area (Å²) in [6, 6.07) is 12.1. The van der Waals surface area contributed by atoms with Gasteiger partial charge in [0.2, 0.25) is 0 Å². The Morgan fingerprint density at radius 2 is 1.69 bits per heavy atom. The zero-order valence-corrected chi connectivity index (χ0v) is 14.9. The Hall–Kier alpha value is -2.89. The molecular formula is C20H23N3O3. The lowest BCUT2D eigenvalue weighted by Gasteiger charge is -2.19. The maximum Gasteiger partial charge on any atom is 0.274 e. The molecule has 0 radical (unpaired) electrons. The van der Waals surface area contributed by atoms with Crippen molar-refractivity contribution in [1.29, 1.82) is 0 Å². The molecule has 0 unspecified atom stereocenters. The number of benzene rings is 1. The van der Waals surface area contributed by atoms with Crippen molar-refractivity contribution < 1.29 is 14.3 Å². The van der Waals surface area contributed by atoms with E-state index in [2.05, 4.69) is 10.3 Å². The summed E-state index contributed by atoms with van der Waals surface area (Å²) < 4.78 is 5.15. The van der Waals surface area contributed by atoms with Crippen molar-refractivity contribution in [2.75, 3.05) is 25.5 Å². The van der Waals surface area contributed by atoms with E-state index < -0.39 is 0 Å². The van der Waals surface area contributed by atoms with E-state index in [4.69, 9.17) is 4.74 Å². The van der Waals surface area contributed by atoms with Crippen molar-refractivity contribution >= 4 is 17.5 Å². The van der Waals surface area contributed by atoms with Crippen molar-refractivity contribution in [3.63, 3.8) is 0 Å². The molecule has 1 saturated heterocycles. The first-order valence-electron chi connectivity index (χ1n) is 8.89. The zero-order valence-electron chi connectivity index (χ0n) is 14.9. The molecule has 2 heterocycles. The standard InChI is InChI=1S/C20H23N3O3/c1-26-16-9-6-8-15(14-16)21-19(24)17-10-7-11-18(22-17)20(25)23-12-4-2-3-5-13-23/h6-11,14H,2-5,12-13H2,1H3,(H,21,24). The molecule has 0 bridgehead atoms. The quantitative estimate of drug-likeness (QED) is 0.915. The molecule has 136 valence electrons. The second kappa shape index (κ2) is 8.47. The number of amides is 2. The molecule has 6 heteroatoms. The minimum absolute atomic E-state index is 0.108. The van der Waals surface area contributed by atoms with Gasteiger partial charge in [0.25, 0.3) is 11.8 Å². The fourth-order valence-corrected chi connectivity index (χ4v) is 3.01. The van der Waals surface area contributed by atoms with E-state index in [9.17, 15) is 9.59 Å². The lowest BCUT2D eigenvalue weighted by atomic mass is 10.2. The number of carbonyl (C=O) groups is 2. The molecular weight excluding hydrogens is 330 g/mol. The Balaban J connectivity index is 1.73. The highest BCUT2D eigenvalue weighted by atomic mass is 16.5. The predicted octanol–water partition coefficient (Wildman–Crippen LogP) is 3.36. The Labute approximate surface area is 153 Å². The fraction of sp³-hybridized carbons (Fsp3) is 0.350. The van der Waals surface area contributed by atoms with Crippen LogP contribution in [0, 0.1) is 0 Å². The van der Waals surface area contributed by atoms with Gasteiger partial charge in [0.15, 0.2) is 0 Å². The fourth-order valence-electron chi connectivity index (χ4n) is 3.01. The summed E-state index contributed by atoms with van der Waals surface area (Å²) in [7, 11) is 1.57. The molecule has 0 saturated carbocycles. The number of aromatic nitrogens is 1. The van der Waals surface area contributed by atoms with Crippen molar-refractivity contribution in [1.82, 2.24) is 9.88 Å². The highest BCUT2D eigenvalue weighted by molar-refractivity contribution is 6.04. The van der Waals surface area contributed by atoms with Crippen LogP contribution < -0.4 is 10.1 Å². The molecule has 26 heavy (non-hydrogen) atoms. The van der Waals surface area contributed by atoms with Gasteiger partial charge in [-0.05, 0) is 37.1 Å². The molecule has 1 aromatic carbocycles. The number of hydrogen-bond donors (Lipinski definition) is 1. The van der Waals surface area contributed by atoms with Gasteiger partial charge in [-0.1, -0.05) is 25.0 Å². The van der Waals surface area contributed by atoms with Gasteiger partial charge in [0.1, 0.15) is 17.1 Å². The summed E-state index contributed by atoms with van der Waals surface area (Å²) in [4.78, 5) is 31.3. The Kier molecular flexibility index (Phi) is 5.84. The number of carbonyl (C=O) groups excluding carboxylic acids is 2. The second-order valence-electron chi connectivity index (χ2n) is 6.30. The molecule has 2 amide bonds. The van der Waals surface area contributed by atoms with E-state index in [0.717, 1.165) is 38.8 Å². The van der Waals surface area contributed by atoms with Crippen LogP contribution in [0.15, 0.2) is 42.5 Å². The molecule has 6 nitrogen and oxygen atoms in total. The normalized spacial score (nSPS) is 14.4. The van der Waals surface area contributed by atoms with E-state index >= 15 is 0 Å². The van der Waals surface area contributed by atoms with E-state index in [1.54, 1.807) is 49.6 Å². The van der Waals surface area contributed by atoms with Gasteiger partial charge in [-0.25, -0.2) is 4.98 Å². The van der Waals surface area contributed by atoms with Gasteiger partial charge < -0.3 is 15.0 Å². The van der Waals surface area contributed by atoms with Crippen LogP contribution in [0.25, 0.3) is 0 Å². The number of hydrogen-bond acceptors (Lipinski definition) is 4. The van der Waals surface area contributed by atoms with Gasteiger partial charge in [0.05, 0.1) is 7.11 Å². The summed E-state index contributed by atoms with van der Waals surface area (Å²) in [5.41, 5.74) is 1.14. The first-order chi connectivity index (χ1) is 12.7. The average Bonchev–Trinajstić information content (AvgIpc) is 2.97. The second-order valence-corrected chi connectivity index (χ2v) is 6.30. The van der Waals surface area contributed by atoms with Crippen LogP contribution in [0.1, 0.15) is 46.7 Å². The molecule has 0 aliphatic carbocycles. The number of nitrogens with one attached hydrogen (secondary N) is 1. The third-order valence-electron chi connectivity index (χ3n) is 4.42. The predicted molar refractivity (Wildman–Crippen MR) is 99.6 cm³/mol. The van der Waals surface area contributed by atoms with E-state index in [-0.39, 0.29) is 17.5 Å². The molecule has 1 fully saturated rings. The Morgan fingerprint density at radius 3 is 2.42 bits per heavy atom. The lowest BCUT2D eigenvalue weighted by Crippen LogP contribution is -2.32. The maximum atomic E-state index is 12.7. The monoisotopic (exact) mass is 353 g/mol. The maximum absolute atomic E-state index is 12.7. The average molecular weight is 353 g/mol. The van der Waals surface area contributed by atoms with Gasteiger partial charge in [-0.2, -0.15) is 0 Å². The van der Waals surface area contributed by atoms with Crippen molar-refractivity contribution in [2.24, 2.45) is 0 Å². The summed E-state index contributed by atoms with van der Waals surface area (Å²) in [6.45, 7) is 1.50. The first kappa shape index (κ1) is 17.9. The number of methoxy groups -OCH3 is 1. The SMILES string of the molecule is COc1cccc(NC(=O)c2cccc(C(=O)N3CCCCCC3)n2)c1. The number of likely N-dealkylation sites (tertiary alicyclic amines) is 1. The van der Waals surface area contributed by atoms with Crippen LogP contribution in [0.3, 0.4) is 0 Å². The smallest absolute Gasteiger partial charge is 0.274 e. The molecule has 2 aromatic rings. The summed E-state index contributed by atoms with van der Waals surface area (Å²) in [6.07, 6.45) is 4.34. The Morgan fingerprint density at radius 1 is 1.00 bits per heavy atom. The topological polar surface area (TPSA) is 71.5 Å².